The van der Waals surface area contributed by atoms with E-state index in [1.165, 1.54) is 10.3 Å². The molecular weight excluding hydrogens is 284 g/mol. The van der Waals surface area contributed by atoms with E-state index >= 15 is 0 Å². The Hall–Kier alpha value is -1.23. The lowest BCUT2D eigenvalue weighted by Crippen LogP contribution is -2.04. The van der Waals surface area contributed by atoms with Crippen molar-refractivity contribution < 1.29 is 14.2 Å². The lowest BCUT2D eigenvalue weighted by atomic mass is 10.1. The van der Waals surface area contributed by atoms with Crippen LogP contribution in [0.1, 0.15) is 6.92 Å². The molecule has 2 aromatic carbocycles. The van der Waals surface area contributed by atoms with Crippen LogP contribution in [0.4, 0.5) is 0 Å². The van der Waals surface area contributed by atoms with Crippen LogP contribution in [0.5, 0.6) is 5.75 Å². The second-order valence-corrected chi connectivity index (χ2v) is 5.63. The first kappa shape index (κ1) is 16.1. The van der Waals surface area contributed by atoms with Gasteiger partial charge in [-0.15, -0.1) is 11.8 Å². The van der Waals surface area contributed by atoms with Gasteiger partial charge in [0.1, 0.15) is 12.4 Å². The van der Waals surface area contributed by atoms with Crippen molar-refractivity contribution in [2.24, 2.45) is 0 Å². The van der Waals surface area contributed by atoms with E-state index in [1.54, 1.807) is 7.11 Å². The molecule has 0 aliphatic rings. The van der Waals surface area contributed by atoms with Gasteiger partial charge in [-0.05, 0) is 24.4 Å². The summed E-state index contributed by atoms with van der Waals surface area (Å²) in [6, 6.07) is 12.5. The Morgan fingerprint density at radius 1 is 0.952 bits per heavy atom. The first-order valence-corrected chi connectivity index (χ1v) is 8.19. The normalized spacial score (nSPS) is 11.0. The van der Waals surface area contributed by atoms with Crippen molar-refractivity contribution in [1.29, 1.82) is 0 Å². The zero-order chi connectivity index (χ0) is 14.9. The first-order chi connectivity index (χ1) is 10.4. The second-order valence-electron chi connectivity index (χ2n) is 4.49. The molecule has 0 radical (unpaired) electrons. The highest BCUT2D eigenvalue weighted by Gasteiger charge is 2.07. The lowest BCUT2D eigenvalue weighted by Gasteiger charge is -2.12. The molecule has 0 unspecified atom stereocenters. The van der Waals surface area contributed by atoms with Crippen LogP contribution in [0.15, 0.2) is 41.3 Å². The molecule has 0 atom stereocenters. The van der Waals surface area contributed by atoms with Gasteiger partial charge >= 0.3 is 0 Å². The van der Waals surface area contributed by atoms with E-state index in [0.29, 0.717) is 13.2 Å². The van der Waals surface area contributed by atoms with Crippen molar-refractivity contribution in [3.63, 3.8) is 0 Å². The molecule has 0 bridgehead atoms. The summed E-state index contributed by atoms with van der Waals surface area (Å²) in [4.78, 5) is 1.27. The molecule has 0 aliphatic heterocycles. The van der Waals surface area contributed by atoms with Crippen molar-refractivity contribution in [2.75, 3.05) is 39.3 Å². The Morgan fingerprint density at radius 2 is 1.76 bits per heavy atom. The van der Waals surface area contributed by atoms with Gasteiger partial charge in [-0.3, -0.25) is 0 Å². The molecule has 4 heteroatoms. The Labute approximate surface area is 130 Å². The quantitative estimate of drug-likeness (QED) is 0.517. The lowest BCUT2D eigenvalue weighted by molar-refractivity contribution is 0.147. The molecule has 114 valence electrons. The summed E-state index contributed by atoms with van der Waals surface area (Å²) in [6.45, 7) is 4.73. The second kappa shape index (κ2) is 8.93. The molecular formula is C17H22O3S. The fraction of sp³-hybridized carbons (Fsp3) is 0.412. The predicted octanol–water partition coefficient (Wildman–Crippen LogP) is 3.99. The summed E-state index contributed by atoms with van der Waals surface area (Å²) in [6.07, 6.45) is 0. The zero-order valence-electron chi connectivity index (χ0n) is 12.6. The smallest absolute Gasteiger partial charge is 0.127 e. The number of hydrogen-bond donors (Lipinski definition) is 0. The van der Waals surface area contributed by atoms with E-state index in [-0.39, 0.29) is 0 Å². The van der Waals surface area contributed by atoms with Crippen LogP contribution in [0.2, 0.25) is 0 Å². The van der Waals surface area contributed by atoms with Crippen molar-refractivity contribution in [3.8, 4) is 5.75 Å². The minimum Gasteiger partial charge on any atom is -0.491 e. The molecule has 0 spiro atoms. The minimum absolute atomic E-state index is 0.567. The molecule has 0 fully saturated rings. The standard InChI is InChI=1S/C17H22O3S/c1-3-19-12-13-21-17-9-8-16(20-11-10-18-2)14-6-4-5-7-15(14)17/h4-9H,3,10-13H2,1-2H3. The first-order valence-electron chi connectivity index (χ1n) is 7.21. The number of benzene rings is 2. The predicted molar refractivity (Wildman–Crippen MR) is 88.5 cm³/mol. The topological polar surface area (TPSA) is 27.7 Å². The van der Waals surface area contributed by atoms with E-state index in [9.17, 15) is 0 Å². The van der Waals surface area contributed by atoms with Gasteiger partial charge in [0.15, 0.2) is 0 Å². The van der Waals surface area contributed by atoms with Crippen LogP contribution in [0, 0.1) is 0 Å². The summed E-state index contributed by atoms with van der Waals surface area (Å²) >= 11 is 1.82. The van der Waals surface area contributed by atoms with E-state index in [2.05, 4.69) is 24.3 Å². The highest BCUT2D eigenvalue weighted by Crippen LogP contribution is 2.33. The van der Waals surface area contributed by atoms with Crippen molar-refractivity contribution in [3.05, 3.63) is 36.4 Å². The third kappa shape index (κ3) is 4.63. The van der Waals surface area contributed by atoms with Crippen LogP contribution in [0.3, 0.4) is 0 Å². The maximum absolute atomic E-state index is 5.80. The Kier molecular flexibility index (Phi) is 6.86. The van der Waals surface area contributed by atoms with Gasteiger partial charge in [-0.1, -0.05) is 24.3 Å². The van der Waals surface area contributed by atoms with E-state index in [4.69, 9.17) is 14.2 Å². The zero-order valence-corrected chi connectivity index (χ0v) is 13.4. The molecule has 0 saturated heterocycles. The fourth-order valence-electron chi connectivity index (χ4n) is 2.09. The summed E-state index contributed by atoms with van der Waals surface area (Å²) < 4.78 is 16.2. The van der Waals surface area contributed by atoms with Crippen molar-refractivity contribution in [2.45, 2.75) is 11.8 Å². The Balaban J connectivity index is 2.14. The van der Waals surface area contributed by atoms with Crippen molar-refractivity contribution >= 4 is 22.5 Å². The summed E-state index contributed by atoms with van der Waals surface area (Å²) in [7, 11) is 1.68. The molecule has 3 nitrogen and oxygen atoms in total. The Bertz CT molecular complexity index is 557. The van der Waals surface area contributed by atoms with Gasteiger partial charge in [0.05, 0.1) is 13.2 Å². The monoisotopic (exact) mass is 306 g/mol. The molecule has 0 heterocycles. The SMILES string of the molecule is CCOCCSc1ccc(OCCOC)c2ccccc12. The number of thioether (sulfide) groups is 1. The number of methoxy groups -OCH3 is 1. The van der Waals surface area contributed by atoms with Crippen LogP contribution in [-0.2, 0) is 9.47 Å². The van der Waals surface area contributed by atoms with Crippen LogP contribution < -0.4 is 4.74 Å². The highest BCUT2D eigenvalue weighted by atomic mass is 32.2. The molecule has 0 aromatic heterocycles. The summed E-state index contributed by atoms with van der Waals surface area (Å²) in [5.41, 5.74) is 0. The van der Waals surface area contributed by atoms with Crippen LogP contribution in [-0.4, -0.2) is 39.3 Å². The van der Waals surface area contributed by atoms with Gasteiger partial charge in [0.25, 0.3) is 0 Å². The highest BCUT2D eigenvalue weighted by molar-refractivity contribution is 7.99. The maximum Gasteiger partial charge on any atom is 0.127 e. The molecule has 0 amide bonds. The summed E-state index contributed by atoms with van der Waals surface area (Å²) in [5.74, 6) is 1.87. The molecule has 21 heavy (non-hydrogen) atoms. The largest absolute Gasteiger partial charge is 0.491 e. The summed E-state index contributed by atoms with van der Waals surface area (Å²) in [5, 5.41) is 2.38. The van der Waals surface area contributed by atoms with E-state index < -0.39 is 0 Å². The number of fused-ring (bicyclic) bond motifs is 1. The number of ether oxygens (including phenoxy) is 3. The third-order valence-corrected chi connectivity index (χ3v) is 4.12. The average molecular weight is 306 g/mol. The number of hydrogen-bond acceptors (Lipinski definition) is 4. The van der Waals surface area contributed by atoms with Gasteiger partial charge in [0.2, 0.25) is 0 Å². The molecule has 0 saturated carbocycles. The van der Waals surface area contributed by atoms with Gasteiger partial charge < -0.3 is 14.2 Å². The fourth-order valence-corrected chi connectivity index (χ4v) is 3.00. The average Bonchev–Trinajstić information content (AvgIpc) is 2.53. The van der Waals surface area contributed by atoms with Gasteiger partial charge in [-0.25, -0.2) is 0 Å². The maximum atomic E-state index is 5.80. The molecule has 2 rings (SSSR count). The van der Waals surface area contributed by atoms with Gasteiger partial charge in [0, 0.05) is 29.8 Å². The molecule has 0 N–H and O–H groups in total. The minimum atomic E-state index is 0.567. The molecule has 0 aliphatic carbocycles. The van der Waals surface area contributed by atoms with Crippen LogP contribution >= 0.6 is 11.8 Å². The third-order valence-electron chi connectivity index (χ3n) is 3.08. The molecule has 2 aromatic rings. The van der Waals surface area contributed by atoms with Gasteiger partial charge in [-0.2, -0.15) is 0 Å². The van der Waals surface area contributed by atoms with E-state index in [1.807, 2.05) is 30.8 Å². The Morgan fingerprint density at radius 3 is 2.52 bits per heavy atom. The van der Waals surface area contributed by atoms with E-state index in [0.717, 1.165) is 30.1 Å². The van der Waals surface area contributed by atoms with Crippen LogP contribution in [0.25, 0.3) is 10.8 Å². The number of rotatable bonds is 9. The van der Waals surface area contributed by atoms with Crippen molar-refractivity contribution in [1.82, 2.24) is 0 Å².